The van der Waals surface area contributed by atoms with E-state index in [1.165, 1.54) is 5.56 Å². The van der Waals surface area contributed by atoms with Crippen molar-refractivity contribution in [1.82, 2.24) is 10.1 Å². The van der Waals surface area contributed by atoms with E-state index in [0.717, 1.165) is 35.1 Å². The highest BCUT2D eigenvalue weighted by Crippen LogP contribution is 2.35. The lowest BCUT2D eigenvalue weighted by atomic mass is 10.0. The molecule has 1 aliphatic rings. The molecule has 0 bridgehead atoms. The van der Waals surface area contributed by atoms with Crippen LogP contribution in [-0.2, 0) is 6.42 Å². The minimum Gasteiger partial charge on any atom is -0.489 e. The minimum atomic E-state index is 0.0579. The Bertz CT molecular complexity index is 974. The molecule has 5 nitrogen and oxygen atoms in total. The fraction of sp³-hybridized carbons (Fsp3) is 0.300. The van der Waals surface area contributed by atoms with Crippen LogP contribution < -0.4 is 9.64 Å². The Hall–Kier alpha value is -2.05. The Morgan fingerprint density at radius 2 is 2.07 bits per heavy atom. The zero-order valence-corrected chi connectivity index (χ0v) is 17.4. The summed E-state index contributed by atoms with van der Waals surface area (Å²) in [5.74, 6) is 1.64. The molecule has 0 amide bonds. The molecular formula is C20H19BrClN3O2. The van der Waals surface area contributed by atoms with E-state index in [9.17, 15) is 0 Å². The maximum absolute atomic E-state index is 6.33. The van der Waals surface area contributed by atoms with Gasteiger partial charge in [-0.15, -0.1) is 0 Å². The second kappa shape index (κ2) is 7.52. The Kier molecular flexibility index (Phi) is 5.10. The number of hydrogen-bond donors (Lipinski definition) is 0. The molecule has 0 spiro atoms. The molecule has 0 N–H and O–H groups in total. The van der Waals surface area contributed by atoms with Crippen molar-refractivity contribution < 1.29 is 9.26 Å². The normalized spacial score (nSPS) is 13.7. The summed E-state index contributed by atoms with van der Waals surface area (Å²) in [6, 6.07) is 11.8. The van der Waals surface area contributed by atoms with E-state index in [1.807, 2.05) is 32.0 Å². The Morgan fingerprint density at radius 3 is 2.85 bits per heavy atom. The van der Waals surface area contributed by atoms with Crippen molar-refractivity contribution in [2.24, 2.45) is 0 Å². The van der Waals surface area contributed by atoms with Crippen LogP contribution in [0.25, 0.3) is 11.5 Å². The van der Waals surface area contributed by atoms with Gasteiger partial charge in [0.1, 0.15) is 5.75 Å². The van der Waals surface area contributed by atoms with Gasteiger partial charge in [0.05, 0.1) is 11.1 Å². The molecule has 0 aliphatic carbocycles. The molecule has 0 saturated heterocycles. The molecule has 0 saturated carbocycles. The number of halogens is 2. The maximum atomic E-state index is 6.33. The number of anilines is 2. The number of aromatic nitrogens is 2. The quantitative estimate of drug-likeness (QED) is 0.488. The first-order valence-corrected chi connectivity index (χ1v) is 10.0. The van der Waals surface area contributed by atoms with Crippen LogP contribution in [0, 0.1) is 0 Å². The number of hydrogen-bond acceptors (Lipinski definition) is 5. The van der Waals surface area contributed by atoms with Crippen LogP contribution in [0.1, 0.15) is 25.8 Å². The van der Waals surface area contributed by atoms with Crippen LogP contribution in [0.3, 0.4) is 0 Å². The number of nitrogens with zero attached hydrogens (tertiary/aromatic N) is 3. The van der Waals surface area contributed by atoms with Gasteiger partial charge in [-0.2, -0.15) is 4.98 Å². The molecule has 140 valence electrons. The average Bonchev–Trinajstić information content (AvgIpc) is 3.12. The topological polar surface area (TPSA) is 51.4 Å². The summed E-state index contributed by atoms with van der Waals surface area (Å²) in [6.45, 7) is 4.78. The predicted molar refractivity (Wildman–Crippen MR) is 110 cm³/mol. The van der Waals surface area contributed by atoms with Gasteiger partial charge in [0.15, 0.2) is 0 Å². The van der Waals surface area contributed by atoms with Gasteiger partial charge >= 0.3 is 0 Å². The molecule has 0 atom stereocenters. The van der Waals surface area contributed by atoms with Gasteiger partial charge in [0.25, 0.3) is 11.8 Å². The van der Waals surface area contributed by atoms with Crippen molar-refractivity contribution in [3.8, 4) is 17.2 Å². The first kappa shape index (κ1) is 18.3. The average molecular weight is 449 g/mol. The van der Waals surface area contributed by atoms with E-state index in [-0.39, 0.29) is 6.10 Å². The van der Waals surface area contributed by atoms with Crippen LogP contribution in [-0.4, -0.2) is 22.8 Å². The molecule has 0 radical (unpaired) electrons. The molecule has 0 fully saturated rings. The molecule has 1 aromatic heterocycles. The largest absolute Gasteiger partial charge is 0.489 e. The van der Waals surface area contributed by atoms with Crippen LogP contribution in [0.5, 0.6) is 5.75 Å². The highest BCUT2D eigenvalue weighted by atomic mass is 79.9. The number of rotatable bonds is 4. The van der Waals surface area contributed by atoms with E-state index in [4.69, 9.17) is 20.9 Å². The number of aryl methyl sites for hydroxylation is 1. The van der Waals surface area contributed by atoms with Crippen LogP contribution in [0.15, 0.2) is 45.4 Å². The first-order chi connectivity index (χ1) is 13.0. The molecule has 27 heavy (non-hydrogen) atoms. The molecule has 3 aromatic rings. The Morgan fingerprint density at radius 1 is 1.22 bits per heavy atom. The standard InChI is InChI=1S/C20H19BrClN3O2/c1-12(2)26-18-8-5-14(11-16(18)22)19-23-20(24-27-19)25-9-3-4-13-10-15(21)6-7-17(13)25/h5-8,10-12H,3-4,9H2,1-2H3. The monoisotopic (exact) mass is 447 g/mol. The Balaban J connectivity index is 1.63. The molecule has 2 aromatic carbocycles. The fourth-order valence-electron chi connectivity index (χ4n) is 3.20. The van der Waals surface area contributed by atoms with Crippen molar-refractivity contribution in [2.45, 2.75) is 32.8 Å². The van der Waals surface area contributed by atoms with Crippen LogP contribution in [0.2, 0.25) is 5.02 Å². The minimum absolute atomic E-state index is 0.0579. The molecule has 7 heteroatoms. The second-order valence-corrected chi connectivity index (χ2v) is 8.06. The van der Waals surface area contributed by atoms with Gasteiger partial charge in [-0.25, -0.2) is 0 Å². The van der Waals surface area contributed by atoms with Gasteiger partial charge < -0.3 is 14.2 Å². The third-order valence-electron chi connectivity index (χ3n) is 4.36. The highest BCUT2D eigenvalue weighted by Gasteiger charge is 2.23. The molecule has 4 rings (SSSR count). The van der Waals surface area contributed by atoms with E-state index < -0.39 is 0 Å². The first-order valence-electron chi connectivity index (χ1n) is 8.87. The van der Waals surface area contributed by atoms with Gasteiger partial charge in [-0.1, -0.05) is 27.5 Å². The van der Waals surface area contributed by atoms with Crippen LogP contribution in [0.4, 0.5) is 11.6 Å². The van der Waals surface area contributed by atoms with Crippen molar-refractivity contribution in [3.05, 3.63) is 51.5 Å². The molecule has 2 heterocycles. The van der Waals surface area contributed by atoms with Gasteiger partial charge in [-0.3, -0.25) is 0 Å². The predicted octanol–water partition coefficient (Wildman–Crippen LogP) is 6.02. The van der Waals surface area contributed by atoms with Crippen molar-refractivity contribution in [2.75, 3.05) is 11.4 Å². The summed E-state index contributed by atoms with van der Waals surface area (Å²) in [6.07, 6.45) is 2.14. The number of ether oxygens (including phenoxy) is 1. The highest BCUT2D eigenvalue weighted by molar-refractivity contribution is 9.10. The fourth-order valence-corrected chi connectivity index (χ4v) is 3.83. The third kappa shape index (κ3) is 3.82. The lowest BCUT2D eigenvalue weighted by Crippen LogP contribution is -2.25. The summed E-state index contributed by atoms with van der Waals surface area (Å²) in [5.41, 5.74) is 3.17. The summed E-state index contributed by atoms with van der Waals surface area (Å²) >= 11 is 9.87. The van der Waals surface area contributed by atoms with Gasteiger partial charge in [0.2, 0.25) is 0 Å². The van der Waals surface area contributed by atoms with Crippen molar-refractivity contribution in [1.29, 1.82) is 0 Å². The zero-order valence-electron chi connectivity index (χ0n) is 15.1. The van der Waals surface area contributed by atoms with Crippen LogP contribution >= 0.6 is 27.5 Å². The molecular weight excluding hydrogens is 430 g/mol. The maximum Gasteiger partial charge on any atom is 0.270 e. The summed E-state index contributed by atoms with van der Waals surface area (Å²) in [7, 11) is 0. The lowest BCUT2D eigenvalue weighted by Gasteiger charge is -2.28. The molecule has 1 aliphatic heterocycles. The summed E-state index contributed by atoms with van der Waals surface area (Å²) < 4.78 is 12.3. The second-order valence-electron chi connectivity index (χ2n) is 6.74. The van der Waals surface area contributed by atoms with Crippen molar-refractivity contribution in [3.63, 3.8) is 0 Å². The number of benzene rings is 2. The lowest BCUT2D eigenvalue weighted by molar-refractivity contribution is 0.242. The van der Waals surface area contributed by atoms with E-state index in [0.29, 0.717) is 22.6 Å². The zero-order chi connectivity index (χ0) is 19.0. The van der Waals surface area contributed by atoms with Crippen molar-refractivity contribution >= 4 is 39.2 Å². The van der Waals surface area contributed by atoms with E-state index in [2.05, 4.69) is 43.1 Å². The summed E-state index contributed by atoms with van der Waals surface area (Å²) in [4.78, 5) is 6.69. The Labute approximate surface area is 171 Å². The summed E-state index contributed by atoms with van der Waals surface area (Å²) in [5, 5.41) is 4.71. The molecule has 0 unspecified atom stereocenters. The smallest absolute Gasteiger partial charge is 0.270 e. The van der Waals surface area contributed by atoms with Gasteiger partial charge in [0, 0.05) is 22.3 Å². The SMILES string of the molecule is CC(C)Oc1ccc(-c2nc(N3CCCc4cc(Br)ccc43)no2)cc1Cl. The van der Waals surface area contributed by atoms with E-state index in [1.54, 1.807) is 6.07 Å². The third-order valence-corrected chi connectivity index (χ3v) is 5.15. The number of fused-ring (bicyclic) bond motifs is 1. The van der Waals surface area contributed by atoms with Gasteiger partial charge in [-0.05, 0) is 73.8 Å². The van der Waals surface area contributed by atoms with E-state index >= 15 is 0 Å².